The third kappa shape index (κ3) is 5.27. The number of halogens is 2. The van der Waals surface area contributed by atoms with E-state index in [9.17, 15) is 14.0 Å². The summed E-state index contributed by atoms with van der Waals surface area (Å²) in [6, 6.07) is 13.5. The van der Waals surface area contributed by atoms with Gasteiger partial charge in [-0.15, -0.1) is 0 Å². The SMILES string of the molecule is CCCN(C(=O)c1cc(OC)c(OC)c(OC)c1)C(C)c1nc2ccccc2c(=O)n1-c1ccc(F)c(Cl)c1. The van der Waals surface area contributed by atoms with E-state index in [-0.39, 0.29) is 16.5 Å². The maximum atomic E-state index is 14.0. The summed E-state index contributed by atoms with van der Waals surface area (Å²) in [5, 5.41) is 0.247. The lowest BCUT2D eigenvalue weighted by Crippen LogP contribution is -2.38. The molecule has 10 heteroatoms. The summed E-state index contributed by atoms with van der Waals surface area (Å²) in [4.78, 5) is 34.1. The molecule has 3 aromatic carbocycles. The number of amides is 1. The molecule has 4 aromatic rings. The molecule has 0 radical (unpaired) electrons. The predicted molar refractivity (Wildman–Crippen MR) is 148 cm³/mol. The number of benzene rings is 3. The molecule has 1 heterocycles. The third-order valence-electron chi connectivity index (χ3n) is 6.44. The number of rotatable bonds is 9. The molecule has 204 valence electrons. The number of para-hydroxylation sites is 1. The van der Waals surface area contributed by atoms with Gasteiger partial charge in [0.2, 0.25) is 5.75 Å². The lowest BCUT2D eigenvalue weighted by Gasteiger charge is -2.30. The molecule has 0 saturated heterocycles. The van der Waals surface area contributed by atoms with Gasteiger partial charge in [0.25, 0.3) is 11.5 Å². The van der Waals surface area contributed by atoms with E-state index in [1.165, 1.54) is 44.1 Å². The summed E-state index contributed by atoms with van der Waals surface area (Å²) >= 11 is 6.08. The highest BCUT2D eigenvalue weighted by Crippen LogP contribution is 2.39. The summed E-state index contributed by atoms with van der Waals surface area (Å²) in [6.45, 7) is 4.11. The molecule has 1 aromatic heterocycles. The summed E-state index contributed by atoms with van der Waals surface area (Å²) in [7, 11) is 4.44. The zero-order valence-electron chi connectivity index (χ0n) is 22.3. The smallest absolute Gasteiger partial charge is 0.266 e. The number of ether oxygens (including phenoxy) is 3. The van der Waals surface area contributed by atoms with Gasteiger partial charge in [-0.25, -0.2) is 9.37 Å². The number of carbonyl (C=O) groups excluding carboxylic acids is 1. The third-order valence-corrected chi connectivity index (χ3v) is 6.73. The lowest BCUT2D eigenvalue weighted by molar-refractivity contribution is 0.0680. The quantitative estimate of drug-likeness (QED) is 0.260. The van der Waals surface area contributed by atoms with Crippen LogP contribution in [0.4, 0.5) is 4.39 Å². The van der Waals surface area contributed by atoms with Crippen LogP contribution in [0.25, 0.3) is 16.6 Å². The molecule has 39 heavy (non-hydrogen) atoms. The van der Waals surface area contributed by atoms with Crippen molar-refractivity contribution in [3.8, 4) is 22.9 Å². The molecule has 0 fully saturated rings. The zero-order valence-corrected chi connectivity index (χ0v) is 23.1. The first-order valence-corrected chi connectivity index (χ1v) is 12.7. The van der Waals surface area contributed by atoms with Crippen molar-refractivity contribution in [1.82, 2.24) is 14.5 Å². The number of fused-ring (bicyclic) bond motifs is 1. The number of methoxy groups -OCH3 is 3. The van der Waals surface area contributed by atoms with Gasteiger partial charge in [-0.1, -0.05) is 30.7 Å². The fourth-order valence-electron chi connectivity index (χ4n) is 4.53. The Hall–Kier alpha value is -4.11. The predicted octanol–water partition coefficient (Wildman–Crippen LogP) is 5.82. The maximum Gasteiger partial charge on any atom is 0.266 e. The van der Waals surface area contributed by atoms with E-state index in [0.717, 1.165) is 0 Å². The van der Waals surface area contributed by atoms with Gasteiger partial charge in [0.05, 0.1) is 49.0 Å². The second-order valence-corrected chi connectivity index (χ2v) is 9.22. The van der Waals surface area contributed by atoms with Crippen molar-refractivity contribution in [2.45, 2.75) is 26.3 Å². The van der Waals surface area contributed by atoms with Crippen molar-refractivity contribution >= 4 is 28.4 Å². The first-order chi connectivity index (χ1) is 18.7. The van der Waals surface area contributed by atoms with Crippen LogP contribution in [0.1, 0.15) is 42.5 Å². The second-order valence-electron chi connectivity index (χ2n) is 8.81. The zero-order chi connectivity index (χ0) is 28.3. The Balaban J connectivity index is 1.91. The van der Waals surface area contributed by atoms with E-state index in [1.807, 2.05) is 6.92 Å². The van der Waals surface area contributed by atoms with Crippen LogP contribution in [0.5, 0.6) is 17.2 Å². The van der Waals surface area contributed by atoms with E-state index < -0.39 is 11.9 Å². The van der Waals surface area contributed by atoms with E-state index >= 15 is 0 Å². The molecule has 0 aliphatic rings. The maximum absolute atomic E-state index is 14.0. The van der Waals surface area contributed by atoms with Crippen molar-refractivity contribution < 1.29 is 23.4 Å². The highest BCUT2D eigenvalue weighted by Gasteiger charge is 2.29. The molecular formula is C29H29ClFN3O5. The van der Waals surface area contributed by atoms with Crippen molar-refractivity contribution in [2.75, 3.05) is 27.9 Å². The van der Waals surface area contributed by atoms with Crippen LogP contribution in [-0.4, -0.2) is 48.2 Å². The molecule has 1 unspecified atom stereocenters. The molecule has 8 nitrogen and oxygen atoms in total. The summed E-state index contributed by atoms with van der Waals surface area (Å²) in [5.74, 6) is 0.411. The van der Waals surface area contributed by atoms with Crippen LogP contribution in [-0.2, 0) is 0 Å². The van der Waals surface area contributed by atoms with Gasteiger partial charge in [-0.05, 0) is 55.8 Å². The molecule has 0 spiro atoms. The highest BCUT2D eigenvalue weighted by molar-refractivity contribution is 6.30. The first-order valence-electron chi connectivity index (χ1n) is 12.3. The molecule has 0 aliphatic carbocycles. The van der Waals surface area contributed by atoms with Crippen LogP contribution >= 0.6 is 11.6 Å². The van der Waals surface area contributed by atoms with E-state index in [4.69, 9.17) is 30.8 Å². The molecule has 0 N–H and O–H groups in total. The van der Waals surface area contributed by atoms with Crippen molar-refractivity contribution in [1.29, 1.82) is 0 Å². The summed E-state index contributed by atoms with van der Waals surface area (Å²) in [5.41, 5.74) is 0.764. The number of hydrogen-bond acceptors (Lipinski definition) is 6. The molecule has 0 saturated carbocycles. The Morgan fingerprint density at radius 1 is 1.05 bits per heavy atom. The van der Waals surface area contributed by atoms with Crippen molar-refractivity contribution in [3.63, 3.8) is 0 Å². The molecular weight excluding hydrogens is 525 g/mol. The minimum Gasteiger partial charge on any atom is -0.493 e. The minimum atomic E-state index is -0.669. The average Bonchev–Trinajstić information content (AvgIpc) is 2.95. The number of nitrogens with zero attached hydrogens (tertiary/aromatic N) is 3. The fourth-order valence-corrected chi connectivity index (χ4v) is 4.70. The van der Waals surface area contributed by atoms with Crippen LogP contribution < -0.4 is 19.8 Å². The minimum absolute atomic E-state index is 0.134. The van der Waals surface area contributed by atoms with Gasteiger partial charge in [0, 0.05) is 12.1 Å². The number of carbonyl (C=O) groups is 1. The van der Waals surface area contributed by atoms with Gasteiger partial charge in [0.1, 0.15) is 11.6 Å². The monoisotopic (exact) mass is 553 g/mol. The van der Waals surface area contributed by atoms with Crippen molar-refractivity contribution in [2.24, 2.45) is 0 Å². The van der Waals surface area contributed by atoms with Gasteiger partial charge in [-0.3, -0.25) is 14.2 Å². The Kier molecular flexibility index (Phi) is 8.40. The normalized spacial score (nSPS) is 11.8. The van der Waals surface area contributed by atoms with Gasteiger partial charge >= 0.3 is 0 Å². The van der Waals surface area contributed by atoms with Gasteiger partial charge in [-0.2, -0.15) is 0 Å². The van der Waals surface area contributed by atoms with Gasteiger partial charge in [0.15, 0.2) is 11.5 Å². The standard InChI is InChI=1S/C29H29ClFN3O5/c1-6-13-33(28(35)18-14-24(37-3)26(39-5)25(15-18)38-4)17(2)27-32-23-10-8-7-9-20(23)29(36)34(27)19-11-12-22(31)21(30)16-19/h7-12,14-17H,6,13H2,1-5H3. The topological polar surface area (TPSA) is 82.9 Å². The number of aromatic nitrogens is 2. The van der Waals surface area contributed by atoms with Crippen LogP contribution in [0.3, 0.4) is 0 Å². The number of hydrogen-bond donors (Lipinski definition) is 0. The molecule has 0 bridgehead atoms. The van der Waals surface area contributed by atoms with Crippen molar-refractivity contribution in [3.05, 3.63) is 87.2 Å². The molecule has 1 atom stereocenters. The van der Waals surface area contributed by atoms with Gasteiger partial charge < -0.3 is 19.1 Å². The Bertz CT molecular complexity index is 1560. The molecule has 4 rings (SSSR count). The summed E-state index contributed by atoms with van der Waals surface area (Å²) < 4.78 is 31.7. The van der Waals surface area contributed by atoms with E-state index in [1.54, 1.807) is 48.2 Å². The lowest BCUT2D eigenvalue weighted by atomic mass is 10.1. The molecule has 1 amide bonds. The Morgan fingerprint density at radius 3 is 2.31 bits per heavy atom. The summed E-state index contributed by atoms with van der Waals surface area (Å²) in [6.07, 6.45) is 0.640. The second kappa shape index (κ2) is 11.7. The largest absolute Gasteiger partial charge is 0.493 e. The van der Waals surface area contributed by atoms with Crippen LogP contribution in [0, 0.1) is 5.82 Å². The highest BCUT2D eigenvalue weighted by atomic mass is 35.5. The first kappa shape index (κ1) is 27.9. The Morgan fingerprint density at radius 2 is 1.72 bits per heavy atom. The van der Waals surface area contributed by atoms with E-state index in [2.05, 4.69) is 0 Å². The Labute approximate surface area is 230 Å². The average molecular weight is 554 g/mol. The fraction of sp³-hybridized carbons (Fsp3) is 0.276. The molecule has 0 aliphatic heterocycles. The van der Waals surface area contributed by atoms with Crippen LogP contribution in [0.2, 0.25) is 5.02 Å². The van der Waals surface area contributed by atoms with Crippen LogP contribution in [0.15, 0.2) is 59.4 Å². The van der Waals surface area contributed by atoms with E-state index in [0.29, 0.717) is 58.2 Å².